The summed E-state index contributed by atoms with van der Waals surface area (Å²) >= 11 is 0. The van der Waals surface area contributed by atoms with Crippen LogP contribution in [0.5, 0.6) is 0 Å². The molecule has 0 unspecified atom stereocenters. The summed E-state index contributed by atoms with van der Waals surface area (Å²) in [6, 6.07) is 13.7. The fraction of sp³-hybridized carbons (Fsp3) is 0.364. The van der Waals surface area contributed by atoms with Crippen LogP contribution in [0.15, 0.2) is 54.9 Å². The third kappa shape index (κ3) is 5.34. The lowest BCUT2D eigenvalue weighted by molar-refractivity contribution is 0.0365. The Hall–Kier alpha value is -2.90. The number of amides is 2. The molecule has 29 heavy (non-hydrogen) atoms. The zero-order valence-corrected chi connectivity index (χ0v) is 16.5. The van der Waals surface area contributed by atoms with Gasteiger partial charge in [0.15, 0.2) is 0 Å². The average Bonchev–Trinajstić information content (AvgIpc) is 3.16. The maximum Gasteiger partial charge on any atom is 0.319 e. The van der Waals surface area contributed by atoms with Crippen molar-refractivity contribution in [3.63, 3.8) is 0 Å². The zero-order chi connectivity index (χ0) is 19.9. The molecule has 0 saturated carbocycles. The van der Waals surface area contributed by atoms with Crippen molar-refractivity contribution in [3.05, 3.63) is 60.6 Å². The third-order valence-corrected chi connectivity index (χ3v) is 5.18. The number of nitrogens with zero attached hydrogens (tertiary/aromatic N) is 3. The number of rotatable bonds is 7. The number of aromatic nitrogens is 2. The van der Waals surface area contributed by atoms with E-state index in [-0.39, 0.29) is 6.03 Å². The molecule has 0 atom stereocenters. The van der Waals surface area contributed by atoms with Gasteiger partial charge in [-0.15, -0.1) is 0 Å². The third-order valence-electron chi connectivity index (χ3n) is 5.18. The summed E-state index contributed by atoms with van der Waals surface area (Å²) in [5.41, 5.74) is 2.94. The number of hydrogen-bond donors (Lipinski definition) is 2. The normalized spacial score (nSPS) is 14.8. The number of pyridine rings is 1. The second-order valence-electron chi connectivity index (χ2n) is 7.19. The molecule has 4 rings (SSSR count). The first-order chi connectivity index (χ1) is 14.3. The van der Waals surface area contributed by atoms with E-state index < -0.39 is 0 Å². The standard InChI is InChI=1S/C22H27N5O2/c28-22(24-9-6-19-3-1-2-8-23-19)25-20-4-5-21-18(17-20)7-10-27(21)12-11-26-13-15-29-16-14-26/h1-5,7-8,10,17H,6,9,11-16H2,(H2,24,25,28). The van der Waals surface area contributed by atoms with Crippen LogP contribution in [0.4, 0.5) is 10.5 Å². The van der Waals surface area contributed by atoms with Crippen LogP contribution in [0.3, 0.4) is 0 Å². The SMILES string of the molecule is O=C(NCCc1ccccn1)Nc1ccc2c(ccn2CCN2CCOCC2)c1. The first kappa shape index (κ1) is 19.4. The molecular weight excluding hydrogens is 366 g/mol. The minimum absolute atomic E-state index is 0.202. The van der Waals surface area contributed by atoms with E-state index in [0.717, 1.165) is 56.2 Å². The van der Waals surface area contributed by atoms with Gasteiger partial charge in [-0.25, -0.2) is 4.79 Å². The van der Waals surface area contributed by atoms with Crippen molar-refractivity contribution in [3.8, 4) is 0 Å². The highest BCUT2D eigenvalue weighted by Crippen LogP contribution is 2.20. The smallest absolute Gasteiger partial charge is 0.319 e. The largest absolute Gasteiger partial charge is 0.379 e. The molecule has 1 aliphatic rings. The van der Waals surface area contributed by atoms with Crippen molar-refractivity contribution in [1.29, 1.82) is 0 Å². The lowest BCUT2D eigenvalue weighted by Crippen LogP contribution is -2.38. The van der Waals surface area contributed by atoms with Crippen molar-refractivity contribution in [2.24, 2.45) is 0 Å². The van der Waals surface area contributed by atoms with Crippen LogP contribution in [-0.2, 0) is 17.7 Å². The minimum atomic E-state index is -0.202. The molecule has 0 bridgehead atoms. The minimum Gasteiger partial charge on any atom is -0.379 e. The van der Waals surface area contributed by atoms with Gasteiger partial charge in [0.25, 0.3) is 0 Å². The van der Waals surface area contributed by atoms with Crippen LogP contribution in [-0.4, -0.2) is 59.9 Å². The van der Waals surface area contributed by atoms with Crippen molar-refractivity contribution in [2.75, 3.05) is 44.7 Å². The number of fused-ring (bicyclic) bond motifs is 1. The van der Waals surface area contributed by atoms with Crippen LogP contribution in [0, 0.1) is 0 Å². The molecule has 0 aliphatic carbocycles. The fourth-order valence-corrected chi connectivity index (χ4v) is 3.57. The van der Waals surface area contributed by atoms with Gasteiger partial charge in [0.1, 0.15) is 0 Å². The van der Waals surface area contributed by atoms with Crippen molar-refractivity contribution < 1.29 is 9.53 Å². The Kier molecular flexibility index (Phi) is 6.38. The summed E-state index contributed by atoms with van der Waals surface area (Å²) in [5.74, 6) is 0. The number of benzene rings is 1. The Labute approximate surface area is 170 Å². The van der Waals surface area contributed by atoms with Gasteiger partial charge in [-0.3, -0.25) is 9.88 Å². The number of nitrogens with one attached hydrogen (secondary N) is 2. The van der Waals surface area contributed by atoms with Crippen LogP contribution in [0.2, 0.25) is 0 Å². The molecule has 2 aromatic heterocycles. The van der Waals surface area contributed by atoms with E-state index in [1.54, 1.807) is 6.20 Å². The molecule has 1 fully saturated rings. The highest BCUT2D eigenvalue weighted by Gasteiger charge is 2.11. The van der Waals surface area contributed by atoms with E-state index in [9.17, 15) is 4.79 Å². The molecule has 7 nitrogen and oxygen atoms in total. The van der Waals surface area contributed by atoms with E-state index >= 15 is 0 Å². The highest BCUT2D eigenvalue weighted by molar-refractivity contribution is 5.92. The number of carbonyl (C=O) groups excluding carboxylic acids is 1. The number of ether oxygens (including phenoxy) is 1. The van der Waals surface area contributed by atoms with Gasteiger partial charge < -0.3 is 19.9 Å². The summed E-state index contributed by atoms with van der Waals surface area (Å²) in [7, 11) is 0. The number of hydrogen-bond acceptors (Lipinski definition) is 4. The average molecular weight is 393 g/mol. The van der Waals surface area contributed by atoms with Gasteiger partial charge in [-0.1, -0.05) is 6.07 Å². The summed E-state index contributed by atoms with van der Waals surface area (Å²) in [5, 5.41) is 6.91. The lowest BCUT2D eigenvalue weighted by Gasteiger charge is -2.26. The van der Waals surface area contributed by atoms with Gasteiger partial charge in [-0.05, 0) is 36.4 Å². The molecule has 1 saturated heterocycles. The summed E-state index contributed by atoms with van der Waals surface area (Å²) in [6.07, 6.45) is 4.58. The number of carbonyl (C=O) groups is 1. The number of morpholine rings is 1. The maximum absolute atomic E-state index is 12.2. The van der Waals surface area contributed by atoms with Gasteiger partial charge in [0, 0.05) is 73.8 Å². The van der Waals surface area contributed by atoms with Gasteiger partial charge in [0.05, 0.1) is 13.2 Å². The quantitative estimate of drug-likeness (QED) is 0.648. The zero-order valence-electron chi connectivity index (χ0n) is 16.5. The molecule has 2 N–H and O–H groups in total. The number of urea groups is 1. The van der Waals surface area contributed by atoms with Crippen molar-refractivity contribution in [2.45, 2.75) is 13.0 Å². The fourth-order valence-electron chi connectivity index (χ4n) is 3.57. The molecule has 1 aliphatic heterocycles. The molecular formula is C22H27N5O2. The molecule has 2 amide bonds. The predicted molar refractivity (Wildman–Crippen MR) is 114 cm³/mol. The van der Waals surface area contributed by atoms with Crippen LogP contribution in [0.1, 0.15) is 5.69 Å². The Balaban J connectivity index is 1.29. The van der Waals surface area contributed by atoms with Crippen LogP contribution in [0.25, 0.3) is 10.9 Å². The van der Waals surface area contributed by atoms with Crippen LogP contribution < -0.4 is 10.6 Å². The van der Waals surface area contributed by atoms with E-state index in [4.69, 9.17) is 4.74 Å². The van der Waals surface area contributed by atoms with E-state index in [1.807, 2.05) is 30.3 Å². The second-order valence-corrected chi connectivity index (χ2v) is 7.19. The number of anilines is 1. The Morgan fingerprint density at radius 2 is 2.00 bits per heavy atom. The van der Waals surface area contributed by atoms with Gasteiger partial charge in [0.2, 0.25) is 0 Å². The molecule has 3 heterocycles. The van der Waals surface area contributed by atoms with Gasteiger partial charge >= 0.3 is 6.03 Å². The molecule has 0 radical (unpaired) electrons. The molecule has 7 heteroatoms. The Morgan fingerprint density at radius 3 is 2.83 bits per heavy atom. The van der Waals surface area contributed by atoms with Gasteiger partial charge in [-0.2, -0.15) is 0 Å². The first-order valence-corrected chi connectivity index (χ1v) is 10.1. The molecule has 1 aromatic carbocycles. The summed E-state index contributed by atoms with van der Waals surface area (Å²) in [6.45, 7) is 6.17. The topological polar surface area (TPSA) is 71.4 Å². The van der Waals surface area contributed by atoms with E-state index in [0.29, 0.717) is 13.0 Å². The Bertz CT molecular complexity index is 935. The van der Waals surface area contributed by atoms with E-state index in [1.165, 1.54) is 5.52 Å². The lowest BCUT2D eigenvalue weighted by atomic mass is 10.2. The van der Waals surface area contributed by atoms with Crippen molar-refractivity contribution >= 4 is 22.6 Å². The molecule has 3 aromatic rings. The molecule has 0 spiro atoms. The maximum atomic E-state index is 12.2. The van der Waals surface area contributed by atoms with Crippen LogP contribution >= 0.6 is 0 Å². The Morgan fingerprint density at radius 1 is 1.10 bits per heavy atom. The van der Waals surface area contributed by atoms with Crippen molar-refractivity contribution in [1.82, 2.24) is 19.8 Å². The predicted octanol–water partition coefficient (Wildman–Crippen LogP) is 2.73. The monoisotopic (exact) mass is 393 g/mol. The summed E-state index contributed by atoms with van der Waals surface area (Å²) in [4.78, 5) is 18.8. The van der Waals surface area contributed by atoms with E-state index in [2.05, 4.69) is 43.4 Å². The molecule has 152 valence electrons. The highest BCUT2D eigenvalue weighted by atomic mass is 16.5. The second kappa shape index (κ2) is 9.54. The summed E-state index contributed by atoms with van der Waals surface area (Å²) < 4.78 is 7.67. The first-order valence-electron chi connectivity index (χ1n) is 10.1.